The Morgan fingerprint density at radius 1 is 1.10 bits per heavy atom. The number of amides is 1. The van der Waals surface area contributed by atoms with Gasteiger partial charge in [-0.25, -0.2) is 8.42 Å². The van der Waals surface area contributed by atoms with Crippen LogP contribution in [0.2, 0.25) is 0 Å². The van der Waals surface area contributed by atoms with E-state index >= 15 is 0 Å². The standard InChI is InChI=1S/C21H22F3NO4S/c1-14-12-17(10-11-30(14,27)28)20(26)25-19(15-6-3-2-4-7-15)16-8-5-9-18(13-16)29-21(22,23)24/h2-9,13-14,17,19H,10-12H2,1H3,(H,25,26). The van der Waals surface area contributed by atoms with Crippen LogP contribution in [0.1, 0.15) is 36.9 Å². The van der Waals surface area contributed by atoms with Gasteiger partial charge in [0.2, 0.25) is 5.91 Å². The lowest BCUT2D eigenvalue weighted by Crippen LogP contribution is -2.41. The van der Waals surface area contributed by atoms with Crippen molar-refractivity contribution in [1.29, 1.82) is 0 Å². The Hall–Kier alpha value is -2.55. The molecule has 30 heavy (non-hydrogen) atoms. The molecule has 0 aliphatic carbocycles. The third-order valence-corrected chi connectivity index (χ3v) is 7.42. The maximum Gasteiger partial charge on any atom is 0.573 e. The highest BCUT2D eigenvalue weighted by Gasteiger charge is 2.35. The van der Waals surface area contributed by atoms with Crippen LogP contribution >= 0.6 is 0 Å². The van der Waals surface area contributed by atoms with Crippen LogP contribution in [0.15, 0.2) is 54.6 Å². The zero-order valence-electron chi connectivity index (χ0n) is 16.2. The molecular weight excluding hydrogens is 419 g/mol. The minimum atomic E-state index is -4.83. The number of benzene rings is 2. The van der Waals surface area contributed by atoms with E-state index in [2.05, 4.69) is 10.1 Å². The fourth-order valence-electron chi connectivity index (χ4n) is 3.57. The van der Waals surface area contributed by atoms with Crippen LogP contribution in [-0.4, -0.2) is 31.7 Å². The molecule has 2 aromatic rings. The van der Waals surface area contributed by atoms with E-state index in [0.29, 0.717) is 11.1 Å². The normalized spacial score (nSPS) is 22.1. The van der Waals surface area contributed by atoms with Crippen LogP contribution in [0.3, 0.4) is 0 Å². The number of halogens is 3. The summed E-state index contributed by atoms with van der Waals surface area (Å²) < 4.78 is 65.7. The third-order valence-electron chi connectivity index (χ3n) is 5.20. The lowest BCUT2D eigenvalue weighted by molar-refractivity contribution is -0.274. The summed E-state index contributed by atoms with van der Waals surface area (Å²) >= 11 is 0. The quantitative estimate of drug-likeness (QED) is 0.761. The van der Waals surface area contributed by atoms with Crippen LogP contribution < -0.4 is 10.1 Å². The minimum Gasteiger partial charge on any atom is -0.406 e. The van der Waals surface area contributed by atoms with Crippen molar-refractivity contribution in [1.82, 2.24) is 5.32 Å². The summed E-state index contributed by atoms with van der Waals surface area (Å²) in [4.78, 5) is 12.9. The number of nitrogens with one attached hydrogen (secondary N) is 1. The van der Waals surface area contributed by atoms with E-state index in [0.717, 1.165) is 0 Å². The summed E-state index contributed by atoms with van der Waals surface area (Å²) in [6, 6.07) is 13.6. The van der Waals surface area contributed by atoms with Gasteiger partial charge in [0.25, 0.3) is 0 Å². The van der Waals surface area contributed by atoms with E-state index in [9.17, 15) is 26.4 Å². The third kappa shape index (κ3) is 5.53. The molecule has 162 valence electrons. The van der Waals surface area contributed by atoms with Crippen LogP contribution in [-0.2, 0) is 14.6 Å². The monoisotopic (exact) mass is 441 g/mol. The predicted molar refractivity (Wildman–Crippen MR) is 106 cm³/mol. The van der Waals surface area contributed by atoms with E-state index in [1.807, 2.05) is 0 Å². The van der Waals surface area contributed by atoms with Gasteiger partial charge in [-0.1, -0.05) is 42.5 Å². The highest BCUT2D eigenvalue weighted by molar-refractivity contribution is 7.92. The van der Waals surface area contributed by atoms with Crippen molar-refractivity contribution in [3.05, 3.63) is 65.7 Å². The largest absolute Gasteiger partial charge is 0.573 e. The molecule has 1 N–H and O–H groups in total. The second kappa shape index (κ2) is 8.67. The maximum atomic E-state index is 12.9. The second-order valence-corrected chi connectivity index (χ2v) is 9.91. The molecule has 0 bridgehead atoms. The first-order valence-electron chi connectivity index (χ1n) is 9.48. The summed E-state index contributed by atoms with van der Waals surface area (Å²) in [6.07, 6.45) is -4.39. The lowest BCUT2D eigenvalue weighted by Gasteiger charge is -2.28. The molecule has 5 nitrogen and oxygen atoms in total. The number of hydrogen-bond acceptors (Lipinski definition) is 4. The zero-order chi connectivity index (χ0) is 21.9. The van der Waals surface area contributed by atoms with Crippen LogP contribution in [0.5, 0.6) is 5.75 Å². The van der Waals surface area contributed by atoms with Crippen LogP contribution in [0.25, 0.3) is 0 Å². The average Bonchev–Trinajstić information content (AvgIpc) is 2.67. The van der Waals surface area contributed by atoms with Gasteiger partial charge in [-0.15, -0.1) is 13.2 Å². The van der Waals surface area contributed by atoms with Gasteiger partial charge in [0.1, 0.15) is 5.75 Å². The summed E-state index contributed by atoms with van der Waals surface area (Å²) in [6.45, 7) is 1.58. The molecule has 0 radical (unpaired) electrons. The molecule has 1 aliphatic heterocycles. The van der Waals surface area contributed by atoms with Gasteiger partial charge in [-0.3, -0.25) is 4.79 Å². The SMILES string of the molecule is CC1CC(C(=O)NC(c2ccccc2)c2cccc(OC(F)(F)F)c2)CCS1(=O)=O. The molecule has 3 unspecified atom stereocenters. The van der Waals surface area contributed by atoms with E-state index < -0.39 is 33.4 Å². The highest BCUT2D eigenvalue weighted by atomic mass is 32.2. The maximum absolute atomic E-state index is 12.9. The molecule has 1 aliphatic rings. The number of hydrogen-bond donors (Lipinski definition) is 1. The molecule has 1 amide bonds. The summed E-state index contributed by atoms with van der Waals surface area (Å²) in [5.41, 5.74) is 1.11. The average molecular weight is 441 g/mol. The fourth-order valence-corrected chi connectivity index (χ4v) is 5.11. The van der Waals surface area contributed by atoms with Gasteiger partial charge in [0.05, 0.1) is 17.0 Å². The Labute approximate surface area is 173 Å². The van der Waals surface area contributed by atoms with Gasteiger partial charge in [-0.05, 0) is 43.0 Å². The fraction of sp³-hybridized carbons (Fsp3) is 0.381. The molecular formula is C21H22F3NO4S. The molecule has 9 heteroatoms. The Bertz CT molecular complexity index is 993. The number of rotatable bonds is 5. The summed E-state index contributed by atoms with van der Waals surface area (Å²) in [5, 5.41) is 2.28. The number of sulfone groups is 1. The Balaban J connectivity index is 1.86. The Morgan fingerprint density at radius 2 is 1.77 bits per heavy atom. The van der Waals surface area contributed by atoms with Crippen molar-refractivity contribution in [2.75, 3.05) is 5.75 Å². The molecule has 2 aromatic carbocycles. The van der Waals surface area contributed by atoms with Crippen molar-refractivity contribution in [2.24, 2.45) is 5.92 Å². The molecule has 3 atom stereocenters. The molecule has 3 rings (SSSR count). The molecule has 1 fully saturated rings. The molecule has 0 saturated carbocycles. The first-order chi connectivity index (χ1) is 14.0. The number of carbonyl (C=O) groups is 1. The lowest BCUT2D eigenvalue weighted by atomic mass is 9.95. The highest BCUT2D eigenvalue weighted by Crippen LogP contribution is 2.30. The van der Waals surface area contributed by atoms with Crippen LogP contribution in [0.4, 0.5) is 13.2 Å². The number of alkyl halides is 3. The van der Waals surface area contributed by atoms with E-state index in [-0.39, 0.29) is 30.3 Å². The van der Waals surface area contributed by atoms with Gasteiger partial charge < -0.3 is 10.1 Å². The number of ether oxygens (including phenoxy) is 1. The first kappa shape index (κ1) is 22.1. The van der Waals surface area contributed by atoms with Crippen molar-refractivity contribution in [3.8, 4) is 5.75 Å². The van der Waals surface area contributed by atoms with Gasteiger partial charge >= 0.3 is 6.36 Å². The van der Waals surface area contributed by atoms with E-state index in [4.69, 9.17) is 0 Å². The molecule has 1 saturated heterocycles. The van der Waals surface area contributed by atoms with Gasteiger partial charge in [0.15, 0.2) is 9.84 Å². The second-order valence-electron chi connectivity index (χ2n) is 7.37. The van der Waals surface area contributed by atoms with Crippen LogP contribution in [0, 0.1) is 5.92 Å². The Kier molecular flexibility index (Phi) is 6.40. The molecule has 1 heterocycles. The van der Waals surface area contributed by atoms with Crippen molar-refractivity contribution in [3.63, 3.8) is 0 Å². The minimum absolute atomic E-state index is 0.0584. The van der Waals surface area contributed by atoms with E-state index in [1.165, 1.54) is 18.2 Å². The van der Waals surface area contributed by atoms with Crippen molar-refractivity contribution >= 4 is 15.7 Å². The first-order valence-corrected chi connectivity index (χ1v) is 11.2. The summed E-state index contributed by atoms with van der Waals surface area (Å²) in [5.74, 6) is -1.25. The van der Waals surface area contributed by atoms with Crippen molar-refractivity contribution in [2.45, 2.75) is 37.4 Å². The Morgan fingerprint density at radius 3 is 2.40 bits per heavy atom. The summed E-state index contributed by atoms with van der Waals surface area (Å²) in [7, 11) is -3.19. The number of carbonyl (C=O) groups excluding carboxylic acids is 1. The molecule has 0 aromatic heterocycles. The van der Waals surface area contributed by atoms with Crippen molar-refractivity contribution < 1.29 is 31.1 Å². The van der Waals surface area contributed by atoms with Gasteiger partial charge in [-0.2, -0.15) is 0 Å². The predicted octanol–water partition coefficient (Wildman–Crippen LogP) is 4.00. The van der Waals surface area contributed by atoms with Gasteiger partial charge in [0, 0.05) is 5.92 Å². The van der Waals surface area contributed by atoms with E-state index in [1.54, 1.807) is 43.3 Å². The zero-order valence-corrected chi connectivity index (χ0v) is 17.0. The topological polar surface area (TPSA) is 72.5 Å². The molecule has 0 spiro atoms. The smallest absolute Gasteiger partial charge is 0.406 e.